The smallest absolute Gasteiger partial charge is 0.232 e. The number of carbonyl (C=O) groups excluding carboxylic acids is 1. The Morgan fingerprint density at radius 2 is 2.03 bits per heavy atom. The Hall–Kier alpha value is -2.52. The van der Waals surface area contributed by atoms with Crippen LogP contribution >= 0.6 is 23.1 Å². The van der Waals surface area contributed by atoms with Crippen LogP contribution < -0.4 is 10.1 Å². The molecule has 0 aliphatic heterocycles. The summed E-state index contributed by atoms with van der Waals surface area (Å²) in [6, 6.07) is 5.51. The van der Waals surface area contributed by atoms with Crippen molar-refractivity contribution < 1.29 is 9.53 Å². The van der Waals surface area contributed by atoms with Crippen LogP contribution in [-0.2, 0) is 11.2 Å². The van der Waals surface area contributed by atoms with E-state index in [9.17, 15) is 4.79 Å². The fraction of sp³-hybridized carbons (Fsp3) is 0.350. The van der Waals surface area contributed by atoms with E-state index >= 15 is 0 Å². The number of thiazole rings is 1. The van der Waals surface area contributed by atoms with Crippen molar-refractivity contribution in [1.82, 2.24) is 19.9 Å². The highest BCUT2D eigenvalue weighted by molar-refractivity contribution is 7.99. The molecule has 0 aromatic carbocycles. The number of hydrogen-bond acceptors (Lipinski definition) is 8. The number of anilines is 1. The summed E-state index contributed by atoms with van der Waals surface area (Å²) in [5.74, 6) is 0.579. The van der Waals surface area contributed by atoms with Gasteiger partial charge in [0.2, 0.25) is 5.91 Å². The summed E-state index contributed by atoms with van der Waals surface area (Å²) in [4.78, 5) is 30.8. The van der Waals surface area contributed by atoms with Crippen molar-refractivity contribution in [2.24, 2.45) is 0 Å². The van der Waals surface area contributed by atoms with E-state index in [1.165, 1.54) is 35.9 Å². The van der Waals surface area contributed by atoms with Gasteiger partial charge in [-0.15, -0.1) is 11.3 Å². The quantitative estimate of drug-likeness (QED) is 0.563. The number of nitrogens with one attached hydrogen (secondary N) is 1. The molecule has 1 aliphatic rings. The molecule has 0 atom stereocenters. The summed E-state index contributed by atoms with van der Waals surface area (Å²) in [6.45, 7) is 1.95. The van der Waals surface area contributed by atoms with Crippen LogP contribution in [-0.4, -0.2) is 31.9 Å². The normalized spacial score (nSPS) is 14.1. The molecule has 0 radical (unpaired) electrons. The third-order valence-corrected chi connectivity index (χ3v) is 6.02. The molecule has 1 N–H and O–H groups in total. The molecule has 150 valence electrons. The van der Waals surface area contributed by atoms with E-state index < -0.39 is 0 Å². The van der Waals surface area contributed by atoms with Crippen LogP contribution in [0.1, 0.15) is 36.3 Å². The molecule has 1 amide bonds. The highest BCUT2D eigenvalue weighted by Gasteiger charge is 2.18. The third kappa shape index (κ3) is 5.74. The number of carbonyl (C=O) groups is 1. The number of aromatic nitrogens is 4. The minimum absolute atomic E-state index is 0.143. The summed E-state index contributed by atoms with van der Waals surface area (Å²) in [6.07, 6.45) is 10.0. The molecule has 3 aromatic rings. The number of ether oxygens (including phenoxy) is 1. The maximum Gasteiger partial charge on any atom is 0.232 e. The first-order valence-electron chi connectivity index (χ1n) is 9.49. The summed E-state index contributed by atoms with van der Waals surface area (Å²) < 4.78 is 6.16. The first-order valence-corrected chi connectivity index (χ1v) is 11.1. The Bertz CT molecular complexity index is 974. The van der Waals surface area contributed by atoms with Gasteiger partial charge in [-0.05, 0) is 50.4 Å². The number of pyridine rings is 1. The Kier molecular flexibility index (Phi) is 6.36. The van der Waals surface area contributed by atoms with Crippen molar-refractivity contribution >= 4 is 34.1 Å². The number of aryl methyl sites for hydroxylation is 1. The molecule has 7 nitrogen and oxygen atoms in total. The van der Waals surface area contributed by atoms with Crippen LogP contribution in [0.2, 0.25) is 0 Å². The third-order valence-electron chi connectivity index (χ3n) is 4.38. The van der Waals surface area contributed by atoms with Gasteiger partial charge < -0.3 is 10.1 Å². The Labute approximate surface area is 177 Å². The van der Waals surface area contributed by atoms with E-state index in [1.807, 2.05) is 19.1 Å². The molecule has 1 aliphatic carbocycles. The number of hydrogen-bond donors (Lipinski definition) is 1. The molecule has 0 saturated heterocycles. The van der Waals surface area contributed by atoms with E-state index in [1.54, 1.807) is 24.7 Å². The largest absolute Gasteiger partial charge is 0.490 e. The van der Waals surface area contributed by atoms with Gasteiger partial charge in [0.05, 0.1) is 18.2 Å². The Balaban J connectivity index is 1.52. The van der Waals surface area contributed by atoms with Gasteiger partial charge >= 0.3 is 0 Å². The van der Waals surface area contributed by atoms with Gasteiger partial charge in [-0.1, -0.05) is 0 Å². The van der Waals surface area contributed by atoms with Crippen LogP contribution in [0.3, 0.4) is 0 Å². The van der Waals surface area contributed by atoms with Crippen molar-refractivity contribution in [3.05, 3.63) is 47.4 Å². The lowest BCUT2D eigenvalue weighted by molar-refractivity contribution is -0.115. The molecule has 3 heterocycles. The highest BCUT2D eigenvalue weighted by Crippen LogP contribution is 2.30. The van der Waals surface area contributed by atoms with E-state index in [2.05, 4.69) is 25.3 Å². The van der Waals surface area contributed by atoms with Crippen molar-refractivity contribution in [2.75, 3.05) is 5.32 Å². The standard InChI is InChI=1S/C20H21N5O2S2/c1-13-12-23-20(28-13)25-17(26)10-14-9-16(27-15-5-2-3-6-15)11-18(24-14)29-19-21-7-4-8-22-19/h4,7-9,11-12,15H,2-3,5-6,10H2,1H3,(H,23,25,26). The second-order valence-corrected chi connectivity index (χ2v) is 9.01. The topological polar surface area (TPSA) is 89.9 Å². The molecule has 0 bridgehead atoms. The minimum atomic E-state index is -0.156. The fourth-order valence-corrected chi connectivity index (χ4v) is 4.55. The SMILES string of the molecule is Cc1cnc(NC(=O)Cc2cc(OC3CCCC3)cc(Sc3ncccn3)n2)s1. The maximum atomic E-state index is 12.5. The summed E-state index contributed by atoms with van der Waals surface area (Å²) in [7, 11) is 0. The van der Waals surface area contributed by atoms with E-state index in [0.717, 1.165) is 23.5 Å². The molecule has 4 rings (SSSR count). The zero-order valence-corrected chi connectivity index (χ0v) is 17.6. The van der Waals surface area contributed by atoms with Crippen molar-refractivity contribution in [3.63, 3.8) is 0 Å². The lowest BCUT2D eigenvalue weighted by Gasteiger charge is -2.15. The zero-order chi connectivity index (χ0) is 20.1. The average Bonchev–Trinajstić information content (AvgIpc) is 3.34. The summed E-state index contributed by atoms with van der Waals surface area (Å²) in [5.41, 5.74) is 0.643. The van der Waals surface area contributed by atoms with Crippen molar-refractivity contribution in [1.29, 1.82) is 0 Å². The first kappa shape index (κ1) is 19.8. The fourth-order valence-electron chi connectivity index (χ4n) is 3.12. The van der Waals surface area contributed by atoms with Crippen LogP contribution in [0.5, 0.6) is 5.75 Å². The summed E-state index contributed by atoms with van der Waals surface area (Å²) >= 11 is 2.80. The second kappa shape index (κ2) is 9.32. The van der Waals surface area contributed by atoms with Crippen LogP contribution in [0.4, 0.5) is 5.13 Å². The van der Waals surface area contributed by atoms with E-state index in [0.29, 0.717) is 21.0 Å². The van der Waals surface area contributed by atoms with Gasteiger partial charge in [0.25, 0.3) is 0 Å². The molecule has 9 heteroatoms. The molecule has 1 fully saturated rings. The average molecular weight is 428 g/mol. The lowest BCUT2D eigenvalue weighted by atomic mass is 10.2. The summed E-state index contributed by atoms with van der Waals surface area (Å²) in [5, 5.41) is 4.74. The van der Waals surface area contributed by atoms with Gasteiger partial charge in [0.1, 0.15) is 10.8 Å². The van der Waals surface area contributed by atoms with Crippen LogP contribution in [0.25, 0.3) is 0 Å². The van der Waals surface area contributed by atoms with Gasteiger partial charge in [0, 0.05) is 35.6 Å². The van der Waals surface area contributed by atoms with Gasteiger partial charge in [-0.2, -0.15) is 0 Å². The van der Waals surface area contributed by atoms with Crippen molar-refractivity contribution in [2.45, 2.75) is 55.3 Å². The molecule has 1 saturated carbocycles. The van der Waals surface area contributed by atoms with Gasteiger partial charge in [-0.25, -0.2) is 19.9 Å². The Morgan fingerprint density at radius 3 is 2.76 bits per heavy atom. The number of amides is 1. The van der Waals surface area contributed by atoms with E-state index in [4.69, 9.17) is 4.74 Å². The predicted molar refractivity (Wildman–Crippen MR) is 112 cm³/mol. The second-order valence-electron chi connectivity index (χ2n) is 6.79. The zero-order valence-electron chi connectivity index (χ0n) is 16.0. The van der Waals surface area contributed by atoms with Gasteiger partial charge in [0.15, 0.2) is 10.3 Å². The maximum absolute atomic E-state index is 12.5. The minimum Gasteiger partial charge on any atom is -0.490 e. The highest BCUT2D eigenvalue weighted by atomic mass is 32.2. The molecule has 29 heavy (non-hydrogen) atoms. The predicted octanol–water partition coefficient (Wildman–Crippen LogP) is 4.29. The van der Waals surface area contributed by atoms with Gasteiger partial charge in [-0.3, -0.25) is 4.79 Å². The lowest BCUT2D eigenvalue weighted by Crippen LogP contribution is -2.16. The monoisotopic (exact) mass is 427 g/mol. The van der Waals surface area contributed by atoms with Crippen LogP contribution in [0.15, 0.2) is 47.0 Å². The molecular weight excluding hydrogens is 406 g/mol. The molecular formula is C20H21N5O2S2. The molecule has 3 aromatic heterocycles. The number of rotatable bonds is 7. The molecule has 0 spiro atoms. The number of nitrogens with zero attached hydrogens (tertiary/aromatic N) is 4. The Morgan fingerprint density at radius 1 is 1.24 bits per heavy atom. The van der Waals surface area contributed by atoms with Crippen molar-refractivity contribution in [3.8, 4) is 5.75 Å². The first-order chi connectivity index (χ1) is 14.1. The van der Waals surface area contributed by atoms with Crippen LogP contribution in [0, 0.1) is 6.92 Å². The van der Waals surface area contributed by atoms with E-state index in [-0.39, 0.29) is 18.4 Å². The molecule has 0 unspecified atom stereocenters.